The van der Waals surface area contributed by atoms with Crippen molar-refractivity contribution in [2.45, 2.75) is 20.0 Å². The average Bonchev–Trinajstić information content (AvgIpc) is 2.96. The minimum atomic E-state index is 0.138. The van der Waals surface area contributed by atoms with Crippen molar-refractivity contribution in [2.75, 3.05) is 5.32 Å². The van der Waals surface area contributed by atoms with E-state index in [1.54, 1.807) is 23.4 Å². The molecule has 6 nitrogen and oxygen atoms in total. The molecule has 3 rings (SSSR count). The summed E-state index contributed by atoms with van der Waals surface area (Å²) in [5.41, 5.74) is 1.79. The predicted molar refractivity (Wildman–Crippen MR) is 84.6 cm³/mol. The molecule has 0 aliphatic carbocycles. The molecule has 0 atom stereocenters. The Hall–Kier alpha value is -2.89. The lowest BCUT2D eigenvalue weighted by Gasteiger charge is -2.10. The number of nitrogens with one attached hydrogen (secondary N) is 1. The molecule has 22 heavy (non-hydrogen) atoms. The number of rotatable bonds is 5. The van der Waals surface area contributed by atoms with Gasteiger partial charge in [-0.1, -0.05) is 6.07 Å². The molecule has 2 aromatic heterocycles. The first-order valence-electron chi connectivity index (χ1n) is 7.06. The molecular weight excluding hydrogens is 278 g/mol. The van der Waals surface area contributed by atoms with Gasteiger partial charge in [0.25, 0.3) is 0 Å². The Morgan fingerprint density at radius 1 is 1.14 bits per heavy atom. The highest BCUT2D eigenvalue weighted by molar-refractivity contribution is 5.55. The molecule has 0 bridgehead atoms. The monoisotopic (exact) mass is 295 g/mol. The van der Waals surface area contributed by atoms with E-state index >= 15 is 0 Å². The van der Waals surface area contributed by atoms with Crippen molar-refractivity contribution in [3.8, 4) is 11.4 Å². The fourth-order valence-corrected chi connectivity index (χ4v) is 1.99. The first-order chi connectivity index (χ1) is 10.7. The van der Waals surface area contributed by atoms with E-state index in [9.17, 15) is 0 Å². The van der Waals surface area contributed by atoms with Gasteiger partial charge in [0, 0.05) is 24.1 Å². The Morgan fingerprint density at radius 3 is 2.73 bits per heavy atom. The summed E-state index contributed by atoms with van der Waals surface area (Å²) < 4.78 is 7.37. The minimum Gasteiger partial charge on any atom is -0.491 e. The van der Waals surface area contributed by atoms with Crippen LogP contribution in [0.4, 0.5) is 11.6 Å². The molecule has 0 radical (unpaired) electrons. The number of anilines is 2. The Kier molecular flexibility index (Phi) is 4.00. The molecule has 0 saturated heterocycles. The zero-order valence-electron chi connectivity index (χ0n) is 12.5. The summed E-state index contributed by atoms with van der Waals surface area (Å²) in [5, 5.41) is 7.56. The molecule has 3 aromatic rings. The summed E-state index contributed by atoms with van der Waals surface area (Å²) in [6.07, 6.45) is 5.24. The lowest BCUT2D eigenvalue weighted by atomic mass is 10.3. The number of ether oxygens (including phenoxy) is 1. The molecule has 0 aliphatic rings. The molecule has 0 spiro atoms. The quantitative estimate of drug-likeness (QED) is 0.783. The smallest absolute Gasteiger partial charge is 0.246 e. The molecule has 0 saturated carbocycles. The topological polar surface area (TPSA) is 64.9 Å². The summed E-state index contributed by atoms with van der Waals surface area (Å²) >= 11 is 0. The van der Waals surface area contributed by atoms with Crippen molar-refractivity contribution in [3.05, 3.63) is 55.1 Å². The van der Waals surface area contributed by atoms with Gasteiger partial charge in [-0.25, -0.2) is 4.68 Å². The number of pyridine rings is 1. The van der Waals surface area contributed by atoms with Gasteiger partial charge in [0.2, 0.25) is 5.95 Å². The molecule has 0 amide bonds. The minimum absolute atomic E-state index is 0.138. The molecule has 1 N–H and O–H groups in total. The predicted octanol–water partition coefficient (Wildman–Crippen LogP) is 3.19. The van der Waals surface area contributed by atoms with E-state index < -0.39 is 0 Å². The van der Waals surface area contributed by atoms with Crippen LogP contribution in [-0.4, -0.2) is 25.9 Å². The first-order valence-corrected chi connectivity index (χ1v) is 7.06. The summed E-state index contributed by atoms with van der Waals surface area (Å²) in [4.78, 5) is 8.25. The maximum atomic E-state index is 5.67. The Morgan fingerprint density at radius 2 is 1.95 bits per heavy atom. The molecule has 0 aliphatic heterocycles. The van der Waals surface area contributed by atoms with Crippen LogP contribution in [0, 0.1) is 0 Å². The highest BCUT2D eigenvalue weighted by Gasteiger charge is 2.04. The zero-order chi connectivity index (χ0) is 15.4. The maximum Gasteiger partial charge on any atom is 0.246 e. The van der Waals surface area contributed by atoms with E-state index in [0.29, 0.717) is 5.95 Å². The molecule has 112 valence electrons. The summed E-state index contributed by atoms with van der Waals surface area (Å²) in [7, 11) is 0. The molecule has 0 fully saturated rings. The molecule has 1 aromatic carbocycles. The van der Waals surface area contributed by atoms with Crippen LogP contribution < -0.4 is 10.1 Å². The van der Waals surface area contributed by atoms with Crippen LogP contribution in [0.3, 0.4) is 0 Å². The highest BCUT2D eigenvalue weighted by atomic mass is 16.5. The van der Waals surface area contributed by atoms with Gasteiger partial charge in [-0.05, 0) is 38.1 Å². The standard InChI is InChI=1S/C16H17N5O/c1-12(2)22-15-5-3-4-13(10-15)19-16-18-11-21(20-16)14-6-8-17-9-7-14/h3-12H,1-2H3,(H,19,20). The van der Waals surface area contributed by atoms with E-state index in [4.69, 9.17) is 4.74 Å². The Balaban J connectivity index is 1.75. The van der Waals surface area contributed by atoms with E-state index in [1.165, 1.54) is 0 Å². The van der Waals surface area contributed by atoms with Gasteiger partial charge in [-0.2, -0.15) is 4.98 Å². The molecular formula is C16H17N5O. The second-order valence-corrected chi connectivity index (χ2v) is 5.04. The van der Waals surface area contributed by atoms with Crippen molar-refractivity contribution < 1.29 is 4.74 Å². The lowest BCUT2D eigenvalue weighted by molar-refractivity contribution is 0.242. The summed E-state index contributed by atoms with van der Waals surface area (Å²) in [5.74, 6) is 1.34. The van der Waals surface area contributed by atoms with Crippen LogP contribution in [0.25, 0.3) is 5.69 Å². The zero-order valence-corrected chi connectivity index (χ0v) is 12.5. The fraction of sp³-hybridized carbons (Fsp3) is 0.188. The van der Waals surface area contributed by atoms with Gasteiger partial charge < -0.3 is 10.1 Å². The largest absolute Gasteiger partial charge is 0.491 e. The number of nitrogens with zero attached hydrogens (tertiary/aromatic N) is 4. The number of aromatic nitrogens is 4. The highest BCUT2D eigenvalue weighted by Crippen LogP contribution is 2.20. The van der Waals surface area contributed by atoms with E-state index in [0.717, 1.165) is 17.1 Å². The van der Waals surface area contributed by atoms with Crippen LogP contribution in [0.2, 0.25) is 0 Å². The van der Waals surface area contributed by atoms with Crippen molar-refractivity contribution in [1.29, 1.82) is 0 Å². The van der Waals surface area contributed by atoms with Crippen LogP contribution >= 0.6 is 0 Å². The fourth-order valence-electron chi connectivity index (χ4n) is 1.99. The number of hydrogen-bond donors (Lipinski definition) is 1. The van der Waals surface area contributed by atoms with Crippen molar-refractivity contribution in [2.24, 2.45) is 0 Å². The molecule has 6 heteroatoms. The Bertz CT molecular complexity index is 739. The molecule has 2 heterocycles. The van der Waals surface area contributed by atoms with Gasteiger partial charge in [0.05, 0.1) is 11.8 Å². The van der Waals surface area contributed by atoms with Gasteiger partial charge in [-0.3, -0.25) is 4.98 Å². The van der Waals surface area contributed by atoms with Crippen molar-refractivity contribution in [1.82, 2.24) is 19.7 Å². The van der Waals surface area contributed by atoms with Gasteiger partial charge >= 0.3 is 0 Å². The Labute approximate surface area is 128 Å². The van der Waals surface area contributed by atoms with E-state index in [1.807, 2.05) is 50.2 Å². The number of hydrogen-bond acceptors (Lipinski definition) is 5. The third kappa shape index (κ3) is 3.41. The van der Waals surface area contributed by atoms with Crippen LogP contribution in [0.1, 0.15) is 13.8 Å². The van der Waals surface area contributed by atoms with Crippen LogP contribution in [-0.2, 0) is 0 Å². The van der Waals surface area contributed by atoms with Crippen LogP contribution in [0.15, 0.2) is 55.1 Å². The van der Waals surface area contributed by atoms with E-state index in [2.05, 4.69) is 20.4 Å². The number of benzene rings is 1. The second-order valence-electron chi connectivity index (χ2n) is 5.04. The third-order valence-corrected chi connectivity index (χ3v) is 2.88. The summed E-state index contributed by atoms with van der Waals surface area (Å²) in [6.45, 7) is 4.00. The maximum absolute atomic E-state index is 5.67. The van der Waals surface area contributed by atoms with Crippen molar-refractivity contribution in [3.63, 3.8) is 0 Å². The average molecular weight is 295 g/mol. The SMILES string of the molecule is CC(C)Oc1cccc(Nc2ncn(-c3ccncc3)n2)c1. The lowest BCUT2D eigenvalue weighted by Crippen LogP contribution is -2.05. The first kappa shape index (κ1) is 14.1. The molecule has 0 unspecified atom stereocenters. The normalized spacial score (nSPS) is 10.7. The summed E-state index contributed by atoms with van der Waals surface area (Å²) in [6, 6.07) is 11.5. The van der Waals surface area contributed by atoms with Crippen molar-refractivity contribution >= 4 is 11.6 Å². The third-order valence-electron chi connectivity index (χ3n) is 2.88. The van der Waals surface area contributed by atoms with Gasteiger partial charge in [-0.15, -0.1) is 5.10 Å². The van der Waals surface area contributed by atoms with Gasteiger partial charge in [0.1, 0.15) is 12.1 Å². The van der Waals surface area contributed by atoms with Crippen LogP contribution in [0.5, 0.6) is 5.75 Å². The van der Waals surface area contributed by atoms with E-state index in [-0.39, 0.29) is 6.10 Å². The van der Waals surface area contributed by atoms with Gasteiger partial charge in [0.15, 0.2) is 0 Å². The second kappa shape index (κ2) is 6.26.